The number of nitrogens with zero attached hydrogens (tertiary/aromatic N) is 4. The van der Waals surface area contributed by atoms with Gasteiger partial charge in [0.15, 0.2) is 0 Å². The molecule has 3 aromatic rings. The van der Waals surface area contributed by atoms with Crippen LogP contribution in [0.5, 0.6) is 5.75 Å². The second-order valence-electron chi connectivity index (χ2n) is 8.15. The van der Waals surface area contributed by atoms with E-state index in [1.807, 2.05) is 0 Å². The zero-order valence-corrected chi connectivity index (χ0v) is 19.3. The first-order valence-corrected chi connectivity index (χ1v) is 11.1. The lowest BCUT2D eigenvalue weighted by Crippen LogP contribution is -2.48. The number of hydrogen-bond acceptors (Lipinski definition) is 7. The molecule has 3 heterocycles. The Morgan fingerprint density at radius 1 is 1.41 bits per heavy atom. The number of nitrogen functional groups attached to an aromatic ring is 1. The van der Waals surface area contributed by atoms with E-state index < -0.39 is 36.6 Å². The summed E-state index contributed by atoms with van der Waals surface area (Å²) < 4.78 is 22.6. The number of carboxylic acid groups (broad SMARTS) is 1. The topological polar surface area (TPSA) is 147 Å². The maximum Gasteiger partial charge on any atom is 0.407 e. The smallest absolute Gasteiger partial charge is 0.407 e. The third-order valence-corrected chi connectivity index (χ3v) is 6.34. The van der Waals surface area contributed by atoms with Crippen molar-refractivity contribution < 1.29 is 29.2 Å². The fraction of sp³-hybridized carbons (Fsp3) is 0.409. The number of amides is 1. The van der Waals surface area contributed by atoms with Crippen LogP contribution in [0.25, 0.3) is 10.9 Å². The fourth-order valence-electron chi connectivity index (χ4n) is 4.33. The molecule has 10 nitrogen and oxygen atoms in total. The van der Waals surface area contributed by atoms with Crippen molar-refractivity contribution in [2.24, 2.45) is 0 Å². The zero-order valence-electron chi connectivity index (χ0n) is 18.6. The number of likely N-dealkylation sites (tertiary alicyclic amines) is 1. The quantitative estimate of drug-likeness (QED) is 0.393. The third kappa shape index (κ3) is 3.89. The number of benzene rings is 1. The number of nitrogens with two attached hydrogens (primary N) is 1. The summed E-state index contributed by atoms with van der Waals surface area (Å²) in [4.78, 5) is 16.5. The van der Waals surface area contributed by atoms with E-state index in [9.17, 15) is 20.1 Å². The summed E-state index contributed by atoms with van der Waals surface area (Å²) in [6.07, 6.45) is 0.617. The Bertz CT molecular complexity index is 1250. The number of aliphatic hydroxyl groups excluding tert-OH is 2. The van der Waals surface area contributed by atoms with E-state index in [0.29, 0.717) is 16.5 Å². The average molecular weight is 494 g/mol. The third-order valence-electron chi connectivity index (χ3n) is 6.06. The lowest BCUT2D eigenvalue weighted by atomic mass is 9.88. The van der Waals surface area contributed by atoms with Crippen molar-refractivity contribution in [1.82, 2.24) is 19.7 Å². The largest absolute Gasteiger partial charge is 0.493 e. The Balaban J connectivity index is 1.88. The van der Waals surface area contributed by atoms with Crippen LogP contribution in [0.3, 0.4) is 0 Å². The number of rotatable bonds is 7. The van der Waals surface area contributed by atoms with Gasteiger partial charge in [0.05, 0.1) is 53.3 Å². The van der Waals surface area contributed by atoms with E-state index >= 15 is 4.39 Å². The molecule has 0 radical (unpaired) electrons. The number of aromatic nitrogens is 3. The van der Waals surface area contributed by atoms with Gasteiger partial charge in [0.2, 0.25) is 0 Å². The van der Waals surface area contributed by atoms with Crippen LogP contribution in [-0.2, 0) is 0 Å². The van der Waals surface area contributed by atoms with Gasteiger partial charge in [-0.2, -0.15) is 5.10 Å². The molecule has 1 aromatic carbocycles. The molecule has 1 aliphatic heterocycles. The number of carbonyl (C=O) groups is 1. The molecule has 0 saturated carbocycles. The van der Waals surface area contributed by atoms with Crippen LogP contribution in [0.2, 0.25) is 5.02 Å². The van der Waals surface area contributed by atoms with Crippen LogP contribution in [-0.4, -0.2) is 67.4 Å². The second kappa shape index (κ2) is 9.24. The van der Waals surface area contributed by atoms with Gasteiger partial charge in [0.1, 0.15) is 23.4 Å². The van der Waals surface area contributed by atoms with Gasteiger partial charge in [0, 0.05) is 30.1 Å². The highest BCUT2D eigenvalue weighted by atomic mass is 35.5. The summed E-state index contributed by atoms with van der Waals surface area (Å²) in [7, 11) is 0. The van der Waals surface area contributed by atoms with Gasteiger partial charge in [-0.1, -0.05) is 11.6 Å². The van der Waals surface area contributed by atoms with Crippen molar-refractivity contribution in [3.63, 3.8) is 0 Å². The lowest BCUT2D eigenvalue weighted by molar-refractivity contribution is 0.0926. The summed E-state index contributed by atoms with van der Waals surface area (Å²) in [5.74, 6) is -0.791. The molecule has 182 valence electrons. The van der Waals surface area contributed by atoms with Crippen molar-refractivity contribution in [2.75, 3.05) is 32.0 Å². The van der Waals surface area contributed by atoms with E-state index in [-0.39, 0.29) is 47.4 Å². The molecule has 1 aliphatic rings. The maximum atomic E-state index is 15.2. The number of fused-ring (bicyclic) bond motifs is 1. The Labute approximate surface area is 199 Å². The van der Waals surface area contributed by atoms with Crippen LogP contribution in [0.4, 0.5) is 14.9 Å². The molecule has 0 aliphatic carbocycles. The highest BCUT2D eigenvalue weighted by molar-refractivity contribution is 6.31. The molecule has 5 N–H and O–H groups in total. The Morgan fingerprint density at radius 2 is 2.12 bits per heavy atom. The van der Waals surface area contributed by atoms with E-state index in [1.165, 1.54) is 23.4 Å². The predicted molar refractivity (Wildman–Crippen MR) is 123 cm³/mol. The first-order chi connectivity index (χ1) is 16.2. The summed E-state index contributed by atoms with van der Waals surface area (Å²) in [5, 5.41) is 33.8. The molecule has 12 heteroatoms. The zero-order chi connectivity index (χ0) is 24.7. The summed E-state index contributed by atoms with van der Waals surface area (Å²) in [6.45, 7) is 3.49. The van der Waals surface area contributed by atoms with Gasteiger partial charge in [-0.05, 0) is 19.9 Å². The number of ether oxygens (including phenoxy) is 1. The number of halogens is 2. The summed E-state index contributed by atoms with van der Waals surface area (Å²) in [5.41, 5.74) is 7.81. The van der Waals surface area contributed by atoms with Gasteiger partial charge < -0.3 is 30.7 Å². The SMILES string of the molecule is CCOc1c(C(C)n2nc(C(O)CO)c3c(N)cncc32)cc(Cl)c(F)c1C1CN(C(=O)O)C1. The molecule has 1 amide bonds. The minimum absolute atomic E-state index is 0.123. The number of anilines is 1. The molecule has 4 rings (SSSR count). The van der Waals surface area contributed by atoms with Crippen LogP contribution >= 0.6 is 11.6 Å². The Hall–Kier alpha value is -3.15. The molecule has 2 aromatic heterocycles. The number of hydrogen-bond donors (Lipinski definition) is 4. The average Bonchev–Trinajstić information content (AvgIpc) is 3.17. The summed E-state index contributed by atoms with van der Waals surface area (Å²) in [6, 6.07) is 0.888. The van der Waals surface area contributed by atoms with Crippen molar-refractivity contribution in [3.8, 4) is 5.75 Å². The summed E-state index contributed by atoms with van der Waals surface area (Å²) >= 11 is 6.27. The molecule has 1 fully saturated rings. The van der Waals surface area contributed by atoms with E-state index in [0.717, 1.165) is 0 Å². The van der Waals surface area contributed by atoms with Crippen LogP contribution in [0, 0.1) is 5.82 Å². The highest BCUT2D eigenvalue weighted by Crippen LogP contribution is 2.44. The van der Waals surface area contributed by atoms with Crippen molar-refractivity contribution >= 4 is 34.3 Å². The molecule has 34 heavy (non-hydrogen) atoms. The molecular formula is C22H25ClFN5O5. The Morgan fingerprint density at radius 3 is 2.74 bits per heavy atom. The van der Waals surface area contributed by atoms with Gasteiger partial charge in [-0.25, -0.2) is 9.18 Å². The van der Waals surface area contributed by atoms with E-state index in [1.54, 1.807) is 18.5 Å². The molecule has 2 unspecified atom stereocenters. The fourth-order valence-corrected chi connectivity index (χ4v) is 4.55. The van der Waals surface area contributed by atoms with Crippen molar-refractivity contribution in [3.05, 3.63) is 46.1 Å². The predicted octanol–water partition coefficient (Wildman–Crippen LogP) is 2.92. The first kappa shape index (κ1) is 24.0. The van der Waals surface area contributed by atoms with Crippen LogP contribution < -0.4 is 10.5 Å². The van der Waals surface area contributed by atoms with Crippen molar-refractivity contribution in [2.45, 2.75) is 31.9 Å². The van der Waals surface area contributed by atoms with Gasteiger partial charge in [0.25, 0.3) is 0 Å². The Kier molecular flexibility index (Phi) is 6.52. The molecule has 2 atom stereocenters. The minimum atomic E-state index is -1.27. The second-order valence-corrected chi connectivity index (χ2v) is 8.56. The number of pyridine rings is 1. The van der Waals surface area contributed by atoms with Gasteiger partial charge in [-0.3, -0.25) is 9.67 Å². The van der Waals surface area contributed by atoms with Crippen molar-refractivity contribution in [1.29, 1.82) is 0 Å². The molecular weight excluding hydrogens is 469 g/mol. The molecule has 0 bridgehead atoms. The van der Waals surface area contributed by atoms with Gasteiger partial charge >= 0.3 is 6.09 Å². The minimum Gasteiger partial charge on any atom is -0.493 e. The monoisotopic (exact) mass is 493 g/mol. The van der Waals surface area contributed by atoms with E-state index in [4.69, 9.17) is 22.1 Å². The first-order valence-electron chi connectivity index (χ1n) is 10.7. The van der Waals surface area contributed by atoms with E-state index in [2.05, 4.69) is 10.1 Å². The maximum absolute atomic E-state index is 15.2. The lowest BCUT2D eigenvalue weighted by Gasteiger charge is -2.38. The molecule has 0 spiro atoms. The highest BCUT2D eigenvalue weighted by Gasteiger charge is 2.38. The van der Waals surface area contributed by atoms with Gasteiger partial charge in [-0.15, -0.1) is 0 Å². The normalized spacial score (nSPS) is 15.9. The molecule has 1 saturated heterocycles. The number of aliphatic hydroxyl groups is 2. The van der Waals surface area contributed by atoms with Crippen LogP contribution in [0.1, 0.15) is 48.7 Å². The standard InChI is InChI=1S/C22H25ClFN5O5/c1-3-34-21-12(4-13(23)19(24)17(21)11-7-28(8-11)22(32)33)10(2)29-15-6-26-5-14(25)18(15)20(27-29)16(31)9-30/h4-6,10-11,16,30-31H,3,7-9,25H2,1-2H3,(H,32,33). The van der Waals surface area contributed by atoms with Crippen LogP contribution in [0.15, 0.2) is 18.5 Å².